The molecule has 0 N–H and O–H groups in total. The molecular weight excluding hydrogens is 222 g/mol. The van der Waals surface area contributed by atoms with Gasteiger partial charge in [0, 0.05) is 6.04 Å². The highest BCUT2D eigenvalue weighted by atomic mass is 16.5. The Kier molecular flexibility index (Phi) is 5.06. The van der Waals surface area contributed by atoms with Crippen LogP contribution in [0.2, 0.25) is 0 Å². The summed E-state index contributed by atoms with van der Waals surface area (Å²) in [5, 5.41) is 0. The van der Waals surface area contributed by atoms with Crippen molar-refractivity contribution in [1.29, 1.82) is 0 Å². The van der Waals surface area contributed by atoms with Crippen LogP contribution >= 0.6 is 0 Å². The molecule has 0 amide bonds. The molecule has 1 fully saturated rings. The first-order chi connectivity index (χ1) is 8.83. The molecule has 1 aliphatic heterocycles. The predicted octanol–water partition coefficient (Wildman–Crippen LogP) is 3.50. The van der Waals surface area contributed by atoms with Crippen LogP contribution in [0.25, 0.3) is 0 Å². The van der Waals surface area contributed by atoms with Gasteiger partial charge in [-0.2, -0.15) is 0 Å². The molecule has 0 radical (unpaired) electrons. The highest BCUT2D eigenvalue weighted by Crippen LogP contribution is 2.22. The molecule has 100 valence electrons. The Labute approximate surface area is 111 Å². The Bertz CT molecular complexity index is 362. The molecular formula is C16H25NO. The van der Waals surface area contributed by atoms with Crippen LogP contribution in [0, 0.1) is 0 Å². The molecule has 1 aromatic rings. The Morgan fingerprint density at radius 2 is 2.22 bits per heavy atom. The maximum atomic E-state index is 5.30. The zero-order chi connectivity index (χ0) is 12.8. The quantitative estimate of drug-likeness (QED) is 0.789. The fourth-order valence-electron chi connectivity index (χ4n) is 2.94. The van der Waals surface area contributed by atoms with E-state index in [1.54, 1.807) is 7.11 Å². The maximum Gasteiger partial charge on any atom is 0.119 e. The summed E-state index contributed by atoms with van der Waals surface area (Å²) >= 11 is 0. The van der Waals surface area contributed by atoms with E-state index in [4.69, 9.17) is 4.74 Å². The number of hydrogen-bond acceptors (Lipinski definition) is 2. The second-order valence-corrected chi connectivity index (χ2v) is 5.24. The van der Waals surface area contributed by atoms with Crippen molar-refractivity contribution >= 4 is 0 Å². The van der Waals surface area contributed by atoms with E-state index in [9.17, 15) is 0 Å². The van der Waals surface area contributed by atoms with E-state index >= 15 is 0 Å². The van der Waals surface area contributed by atoms with Gasteiger partial charge in [-0.15, -0.1) is 0 Å². The predicted molar refractivity (Wildman–Crippen MR) is 76.2 cm³/mol. The fraction of sp³-hybridized carbons (Fsp3) is 0.625. The van der Waals surface area contributed by atoms with Crippen molar-refractivity contribution in [3.8, 4) is 5.75 Å². The van der Waals surface area contributed by atoms with Gasteiger partial charge in [-0.25, -0.2) is 0 Å². The van der Waals surface area contributed by atoms with E-state index in [0.29, 0.717) is 0 Å². The minimum atomic E-state index is 0.728. The number of piperidine rings is 1. The van der Waals surface area contributed by atoms with Crippen LogP contribution in [0.15, 0.2) is 24.3 Å². The summed E-state index contributed by atoms with van der Waals surface area (Å²) in [6.45, 7) is 4.80. The Morgan fingerprint density at radius 3 is 3.00 bits per heavy atom. The number of methoxy groups -OCH3 is 1. The van der Waals surface area contributed by atoms with Crippen LogP contribution in [0.1, 0.15) is 38.2 Å². The molecule has 0 spiro atoms. The zero-order valence-corrected chi connectivity index (χ0v) is 11.7. The van der Waals surface area contributed by atoms with Gasteiger partial charge >= 0.3 is 0 Å². The third-order valence-electron chi connectivity index (χ3n) is 3.87. The van der Waals surface area contributed by atoms with E-state index in [2.05, 4.69) is 30.0 Å². The SMILES string of the molecule is CCCN1CCCCC1Cc1cccc(OC)c1. The molecule has 1 saturated heterocycles. The van der Waals surface area contributed by atoms with Crippen molar-refractivity contribution in [3.05, 3.63) is 29.8 Å². The van der Waals surface area contributed by atoms with E-state index in [1.807, 2.05) is 6.07 Å². The van der Waals surface area contributed by atoms with Gasteiger partial charge in [0.2, 0.25) is 0 Å². The minimum absolute atomic E-state index is 0.728. The summed E-state index contributed by atoms with van der Waals surface area (Å²) in [7, 11) is 1.74. The topological polar surface area (TPSA) is 12.5 Å². The molecule has 18 heavy (non-hydrogen) atoms. The summed E-state index contributed by atoms with van der Waals surface area (Å²) in [6.07, 6.45) is 6.52. The molecule has 0 bridgehead atoms. The lowest BCUT2D eigenvalue weighted by Gasteiger charge is -2.35. The van der Waals surface area contributed by atoms with Gasteiger partial charge in [0.1, 0.15) is 5.75 Å². The standard InChI is InChI=1S/C16H25NO/c1-3-10-17-11-5-4-8-15(17)12-14-7-6-9-16(13-14)18-2/h6-7,9,13,15H,3-5,8,10-12H2,1-2H3. The van der Waals surface area contributed by atoms with E-state index in [0.717, 1.165) is 18.2 Å². The van der Waals surface area contributed by atoms with Crippen molar-refractivity contribution in [2.75, 3.05) is 20.2 Å². The van der Waals surface area contributed by atoms with Crippen molar-refractivity contribution in [2.45, 2.75) is 45.1 Å². The smallest absolute Gasteiger partial charge is 0.119 e. The number of rotatable bonds is 5. The second-order valence-electron chi connectivity index (χ2n) is 5.24. The fourth-order valence-corrected chi connectivity index (χ4v) is 2.94. The molecule has 1 aromatic carbocycles. The minimum Gasteiger partial charge on any atom is -0.497 e. The Balaban J connectivity index is 2.01. The van der Waals surface area contributed by atoms with Gasteiger partial charge in [-0.05, 0) is 56.5 Å². The first-order valence-electron chi connectivity index (χ1n) is 7.20. The summed E-state index contributed by atoms with van der Waals surface area (Å²) in [5.74, 6) is 0.977. The third kappa shape index (κ3) is 3.49. The van der Waals surface area contributed by atoms with Gasteiger partial charge < -0.3 is 9.64 Å². The van der Waals surface area contributed by atoms with Crippen molar-refractivity contribution < 1.29 is 4.74 Å². The highest BCUT2D eigenvalue weighted by molar-refractivity contribution is 5.29. The first kappa shape index (κ1) is 13.4. The van der Waals surface area contributed by atoms with Gasteiger partial charge in [0.15, 0.2) is 0 Å². The molecule has 0 saturated carbocycles. The van der Waals surface area contributed by atoms with E-state index < -0.39 is 0 Å². The normalized spacial score (nSPS) is 20.9. The average Bonchev–Trinajstić information content (AvgIpc) is 2.41. The molecule has 0 aromatic heterocycles. The summed E-state index contributed by atoms with van der Waals surface area (Å²) < 4.78 is 5.30. The van der Waals surface area contributed by atoms with E-state index in [1.165, 1.54) is 44.3 Å². The Hall–Kier alpha value is -1.02. The third-order valence-corrected chi connectivity index (χ3v) is 3.87. The van der Waals surface area contributed by atoms with Crippen LogP contribution in [-0.2, 0) is 6.42 Å². The van der Waals surface area contributed by atoms with Gasteiger partial charge in [0.25, 0.3) is 0 Å². The van der Waals surface area contributed by atoms with Gasteiger partial charge in [-0.3, -0.25) is 0 Å². The molecule has 1 heterocycles. The van der Waals surface area contributed by atoms with Crippen LogP contribution in [0.3, 0.4) is 0 Å². The second kappa shape index (κ2) is 6.79. The number of ether oxygens (including phenoxy) is 1. The summed E-state index contributed by atoms with van der Waals surface area (Å²) in [5.41, 5.74) is 1.40. The van der Waals surface area contributed by atoms with Gasteiger partial charge in [-0.1, -0.05) is 25.5 Å². The van der Waals surface area contributed by atoms with Gasteiger partial charge in [0.05, 0.1) is 7.11 Å². The largest absolute Gasteiger partial charge is 0.497 e. The highest BCUT2D eigenvalue weighted by Gasteiger charge is 2.21. The molecule has 2 rings (SSSR count). The first-order valence-corrected chi connectivity index (χ1v) is 7.20. The van der Waals surface area contributed by atoms with Crippen molar-refractivity contribution in [1.82, 2.24) is 4.90 Å². The van der Waals surface area contributed by atoms with Crippen LogP contribution in [-0.4, -0.2) is 31.1 Å². The number of nitrogens with zero attached hydrogens (tertiary/aromatic N) is 1. The lowest BCUT2D eigenvalue weighted by atomic mass is 9.95. The van der Waals surface area contributed by atoms with Crippen molar-refractivity contribution in [2.24, 2.45) is 0 Å². The lowest BCUT2D eigenvalue weighted by molar-refractivity contribution is 0.147. The molecule has 2 nitrogen and oxygen atoms in total. The van der Waals surface area contributed by atoms with Crippen LogP contribution < -0.4 is 4.74 Å². The number of likely N-dealkylation sites (tertiary alicyclic amines) is 1. The molecule has 1 aliphatic rings. The lowest BCUT2D eigenvalue weighted by Crippen LogP contribution is -2.41. The van der Waals surface area contributed by atoms with E-state index in [-0.39, 0.29) is 0 Å². The number of hydrogen-bond donors (Lipinski definition) is 0. The number of benzene rings is 1. The average molecular weight is 247 g/mol. The summed E-state index contributed by atoms with van der Waals surface area (Å²) in [6, 6.07) is 9.25. The monoisotopic (exact) mass is 247 g/mol. The maximum absolute atomic E-state index is 5.30. The van der Waals surface area contributed by atoms with Crippen LogP contribution in [0.5, 0.6) is 5.75 Å². The molecule has 0 aliphatic carbocycles. The molecule has 1 unspecified atom stereocenters. The zero-order valence-electron chi connectivity index (χ0n) is 11.7. The Morgan fingerprint density at radius 1 is 1.33 bits per heavy atom. The molecule has 1 atom stereocenters. The molecule has 2 heteroatoms. The summed E-state index contributed by atoms with van der Waals surface area (Å²) in [4.78, 5) is 2.67. The van der Waals surface area contributed by atoms with Crippen LogP contribution in [0.4, 0.5) is 0 Å². The van der Waals surface area contributed by atoms with Crippen molar-refractivity contribution in [3.63, 3.8) is 0 Å².